The Balaban J connectivity index is 1.11. The Morgan fingerprint density at radius 3 is 1.15 bits per heavy atom. The van der Waals surface area contributed by atoms with Crippen LogP contribution in [-0.2, 0) is 69.1 Å². The first kappa shape index (κ1) is 46.2. The highest BCUT2D eigenvalue weighted by Gasteiger charge is 2.53. The lowest BCUT2D eigenvalue weighted by Gasteiger charge is -2.48. The minimum absolute atomic E-state index is 0.00584. The highest BCUT2D eigenvalue weighted by atomic mass is 16.8. The normalized spacial score (nSPS) is 33.9. The molecule has 7 N–H and O–H groups in total. The van der Waals surface area contributed by atoms with E-state index < -0.39 is 112 Å². The second-order valence-electron chi connectivity index (χ2n) is 15.5. The summed E-state index contributed by atoms with van der Waals surface area (Å²) in [5.74, 6) is 0. The van der Waals surface area contributed by atoms with E-state index >= 15 is 0 Å². The van der Waals surface area contributed by atoms with Crippen LogP contribution in [0.4, 0.5) is 0 Å². The van der Waals surface area contributed by atoms with Gasteiger partial charge in [0.05, 0.1) is 46.2 Å². The lowest BCUT2D eigenvalue weighted by molar-refractivity contribution is -0.373. The molecule has 15 atom stereocenters. The summed E-state index contributed by atoms with van der Waals surface area (Å²) in [6.45, 7) is -1.42. The minimum Gasteiger partial charge on any atom is -0.394 e. The maximum absolute atomic E-state index is 12.0. The van der Waals surface area contributed by atoms with Gasteiger partial charge in [-0.15, -0.1) is 0 Å². The van der Waals surface area contributed by atoms with Crippen LogP contribution in [0.3, 0.4) is 0 Å². The van der Waals surface area contributed by atoms with E-state index in [0.717, 1.165) is 22.3 Å². The maximum Gasteiger partial charge on any atom is 0.187 e. The Hall–Kier alpha value is -3.76. The van der Waals surface area contributed by atoms with Gasteiger partial charge in [-0.25, -0.2) is 0 Å². The zero-order valence-corrected chi connectivity index (χ0v) is 34.0. The molecule has 16 heteroatoms. The highest BCUT2D eigenvalue weighted by molar-refractivity contribution is 5.16. The number of aliphatic hydroxyl groups excluding tert-OH is 7. The van der Waals surface area contributed by atoms with E-state index in [-0.39, 0.29) is 26.4 Å². The van der Waals surface area contributed by atoms with Crippen LogP contribution in [0.2, 0.25) is 0 Å². The average molecular weight is 865 g/mol. The summed E-state index contributed by atoms with van der Waals surface area (Å²) in [5, 5.41) is 77.9. The molecule has 3 aliphatic heterocycles. The molecule has 0 unspecified atom stereocenters. The molecule has 0 bridgehead atoms. The quantitative estimate of drug-likeness (QED) is 0.0706. The van der Waals surface area contributed by atoms with Crippen molar-refractivity contribution in [2.45, 2.75) is 119 Å². The monoisotopic (exact) mass is 864 g/mol. The molecular formula is C46H56O16. The van der Waals surface area contributed by atoms with Gasteiger partial charge in [-0.2, -0.15) is 0 Å². The molecule has 0 spiro atoms. The molecule has 62 heavy (non-hydrogen) atoms. The number of aliphatic hydroxyl groups is 7. The number of ether oxygens (including phenoxy) is 9. The van der Waals surface area contributed by atoms with Crippen molar-refractivity contribution in [2.75, 3.05) is 19.8 Å². The van der Waals surface area contributed by atoms with Gasteiger partial charge in [-0.3, -0.25) is 0 Å². The van der Waals surface area contributed by atoms with Crippen molar-refractivity contribution in [3.8, 4) is 0 Å². The average Bonchev–Trinajstić information content (AvgIpc) is 3.31. The SMILES string of the molecule is OC[C@H]1O[C@@H](OC[C@H]2O[C@@H](OCc3ccccc3)[C@H](O)[C@@H](O[C@@H]3O[C@H](CO)[C@@H](OCc4ccccc4)[C@H](O)[C@H]3O)[C@@H]2OCc2ccccc2)[C@H](O)[C@@H](O)[C@@H]1OCc1ccccc1. The summed E-state index contributed by atoms with van der Waals surface area (Å²) < 4.78 is 55.2. The third-order valence-electron chi connectivity index (χ3n) is 11.1. The largest absolute Gasteiger partial charge is 0.394 e. The van der Waals surface area contributed by atoms with Gasteiger partial charge in [0.2, 0.25) is 0 Å². The van der Waals surface area contributed by atoms with Crippen molar-refractivity contribution in [3.05, 3.63) is 144 Å². The molecule has 336 valence electrons. The van der Waals surface area contributed by atoms with E-state index in [1.807, 2.05) is 121 Å². The van der Waals surface area contributed by atoms with Crippen molar-refractivity contribution in [3.63, 3.8) is 0 Å². The molecular weight excluding hydrogens is 808 g/mol. The van der Waals surface area contributed by atoms with Crippen LogP contribution < -0.4 is 0 Å². The van der Waals surface area contributed by atoms with E-state index in [9.17, 15) is 35.7 Å². The number of rotatable bonds is 19. The van der Waals surface area contributed by atoms with Gasteiger partial charge in [0.25, 0.3) is 0 Å². The summed E-state index contributed by atoms with van der Waals surface area (Å²) in [4.78, 5) is 0. The molecule has 0 amide bonds. The molecule has 3 heterocycles. The first-order valence-electron chi connectivity index (χ1n) is 20.7. The Bertz CT molecular complexity index is 1860. The Morgan fingerprint density at radius 2 is 0.710 bits per heavy atom. The van der Waals surface area contributed by atoms with Gasteiger partial charge in [0.15, 0.2) is 18.9 Å². The van der Waals surface area contributed by atoms with Crippen LogP contribution in [0, 0.1) is 0 Å². The predicted molar refractivity (Wildman–Crippen MR) is 217 cm³/mol. The van der Waals surface area contributed by atoms with Crippen molar-refractivity contribution in [2.24, 2.45) is 0 Å². The van der Waals surface area contributed by atoms with Crippen molar-refractivity contribution in [1.82, 2.24) is 0 Å². The lowest BCUT2D eigenvalue weighted by atomic mass is 9.96. The van der Waals surface area contributed by atoms with Crippen LogP contribution in [0.1, 0.15) is 22.3 Å². The number of hydrogen-bond acceptors (Lipinski definition) is 16. The summed E-state index contributed by atoms with van der Waals surface area (Å²) in [7, 11) is 0. The zero-order chi connectivity index (χ0) is 43.4. The molecule has 3 aliphatic rings. The maximum atomic E-state index is 12.0. The van der Waals surface area contributed by atoms with Crippen LogP contribution in [0.15, 0.2) is 121 Å². The highest BCUT2D eigenvalue weighted by Crippen LogP contribution is 2.34. The standard InChI is InChI=1S/C46H56O16/c47-21-32-40(54-23-28-13-5-1-6-14-28)35(49)37(51)44(59-32)58-27-34-42(56-25-30-17-9-3-10-18-30)43(39(53)45(61-34)57-26-31-19-11-4-12-20-31)62-46-38(52)36(50)41(33(22-48)60-46)55-24-29-15-7-2-8-16-29/h1-20,32-53H,21-27H2/t32-,33-,34-,35-,36-,37-,38-,39-,40-,41-,42-,43-,44-,45-,46+/m1/s1. The van der Waals surface area contributed by atoms with Crippen LogP contribution in [0.25, 0.3) is 0 Å². The van der Waals surface area contributed by atoms with Crippen molar-refractivity contribution < 1.29 is 78.4 Å². The minimum atomic E-state index is -1.72. The second-order valence-corrected chi connectivity index (χ2v) is 15.5. The molecule has 0 radical (unpaired) electrons. The topological polar surface area (TPSA) is 225 Å². The Kier molecular flexibility index (Phi) is 17.0. The zero-order valence-electron chi connectivity index (χ0n) is 34.0. The number of benzene rings is 4. The molecule has 4 aromatic carbocycles. The van der Waals surface area contributed by atoms with Crippen molar-refractivity contribution >= 4 is 0 Å². The third-order valence-corrected chi connectivity index (χ3v) is 11.1. The Labute approximate surface area is 359 Å². The van der Waals surface area contributed by atoms with Gasteiger partial charge in [0, 0.05) is 0 Å². The van der Waals surface area contributed by atoms with E-state index in [2.05, 4.69) is 0 Å². The molecule has 0 aliphatic carbocycles. The summed E-state index contributed by atoms with van der Waals surface area (Å²) in [6, 6.07) is 36.7. The molecule has 3 fully saturated rings. The van der Waals surface area contributed by atoms with Gasteiger partial charge in [-0.05, 0) is 22.3 Å². The molecule has 0 aromatic heterocycles. The van der Waals surface area contributed by atoms with Crippen LogP contribution in [0.5, 0.6) is 0 Å². The van der Waals surface area contributed by atoms with E-state index in [1.165, 1.54) is 0 Å². The Morgan fingerprint density at radius 1 is 0.355 bits per heavy atom. The lowest BCUT2D eigenvalue weighted by Crippen LogP contribution is -2.66. The first-order valence-corrected chi connectivity index (χ1v) is 20.7. The molecule has 3 saturated heterocycles. The summed E-state index contributed by atoms with van der Waals surface area (Å²) in [5.41, 5.74) is 3.13. The molecule has 7 rings (SSSR count). The summed E-state index contributed by atoms with van der Waals surface area (Å²) >= 11 is 0. The van der Waals surface area contributed by atoms with Crippen LogP contribution in [-0.4, -0.2) is 148 Å². The third kappa shape index (κ3) is 11.7. The second kappa shape index (κ2) is 22.7. The van der Waals surface area contributed by atoms with E-state index in [4.69, 9.17) is 42.6 Å². The van der Waals surface area contributed by atoms with Crippen LogP contribution >= 0.6 is 0 Å². The number of hydrogen-bond donors (Lipinski definition) is 7. The molecule has 0 saturated carbocycles. The molecule has 16 nitrogen and oxygen atoms in total. The van der Waals surface area contributed by atoms with E-state index in [1.54, 1.807) is 0 Å². The van der Waals surface area contributed by atoms with Crippen molar-refractivity contribution in [1.29, 1.82) is 0 Å². The van der Waals surface area contributed by atoms with Gasteiger partial charge in [0.1, 0.15) is 73.2 Å². The first-order chi connectivity index (χ1) is 30.2. The smallest absolute Gasteiger partial charge is 0.187 e. The van der Waals surface area contributed by atoms with Gasteiger partial charge in [-0.1, -0.05) is 121 Å². The fourth-order valence-electron chi connectivity index (χ4n) is 7.69. The van der Waals surface area contributed by atoms with Gasteiger partial charge >= 0.3 is 0 Å². The molecule has 4 aromatic rings. The summed E-state index contributed by atoms with van der Waals surface area (Å²) in [6.07, 6.45) is -20.8. The fraction of sp³-hybridized carbons (Fsp3) is 0.478. The fourth-order valence-corrected chi connectivity index (χ4v) is 7.69. The predicted octanol–water partition coefficient (Wildman–Crippen LogP) is 1.33. The van der Waals surface area contributed by atoms with Gasteiger partial charge < -0.3 is 78.4 Å². The van der Waals surface area contributed by atoms with E-state index in [0.29, 0.717) is 0 Å².